The Kier molecular flexibility index (Phi) is 5.29. The van der Waals surface area contributed by atoms with Gasteiger partial charge in [-0.3, -0.25) is 19.5 Å². The number of fused-ring (bicyclic) bond motifs is 3. The third-order valence-electron chi connectivity index (χ3n) is 8.90. The number of nitriles is 1. The summed E-state index contributed by atoms with van der Waals surface area (Å²) in [5, 5.41) is 13.9. The second kappa shape index (κ2) is 8.44. The molecule has 1 saturated carbocycles. The van der Waals surface area contributed by atoms with E-state index in [0.717, 1.165) is 37.1 Å². The number of carbonyl (C=O) groups excluding carboxylic acids is 2. The second-order valence-corrected chi connectivity index (χ2v) is 12.9. The van der Waals surface area contributed by atoms with Crippen molar-refractivity contribution in [1.82, 2.24) is 19.8 Å². The molecule has 1 aliphatic carbocycles. The quantitative estimate of drug-likeness (QED) is 0.358. The molecule has 2 amide bonds. The van der Waals surface area contributed by atoms with Crippen LogP contribution in [0.25, 0.3) is 32.2 Å². The number of imide groups is 1. The summed E-state index contributed by atoms with van der Waals surface area (Å²) in [5.74, 6) is -0.580. The van der Waals surface area contributed by atoms with E-state index in [9.17, 15) is 14.9 Å². The van der Waals surface area contributed by atoms with Gasteiger partial charge >= 0.3 is 0 Å². The zero-order valence-electron chi connectivity index (χ0n) is 21.8. The van der Waals surface area contributed by atoms with Crippen molar-refractivity contribution in [3.05, 3.63) is 53.2 Å². The summed E-state index contributed by atoms with van der Waals surface area (Å²) >= 11 is 1.51. The molecule has 2 aliphatic heterocycles. The molecule has 1 aromatic carbocycles. The average molecular weight is 542 g/mol. The monoisotopic (exact) mass is 541 g/mol. The first-order valence-corrected chi connectivity index (χ1v) is 14.2. The zero-order chi connectivity index (χ0) is 27.1. The van der Waals surface area contributed by atoms with E-state index in [2.05, 4.69) is 16.4 Å². The predicted octanol–water partition coefficient (Wildman–Crippen LogP) is 5.02. The van der Waals surface area contributed by atoms with E-state index in [-0.39, 0.29) is 42.2 Å². The lowest BCUT2D eigenvalue weighted by atomic mass is 9.94. The molecular formula is C30H28FN5O2S. The van der Waals surface area contributed by atoms with Gasteiger partial charge in [0.25, 0.3) is 0 Å². The van der Waals surface area contributed by atoms with Gasteiger partial charge in [-0.25, -0.2) is 4.39 Å². The first-order chi connectivity index (χ1) is 18.7. The highest BCUT2D eigenvalue weighted by atomic mass is 32.1. The summed E-state index contributed by atoms with van der Waals surface area (Å²) in [6, 6.07) is 11.8. The number of hydrogen-bond donors (Lipinski definition) is 1. The van der Waals surface area contributed by atoms with E-state index in [4.69, 9.17) is 0 Å². The first-order valence-electron chi connectivity index (χ1n) is 13.4. The van der Waals surface area contributed by atoms with Crippen molar-refractivity contribution in [1.29, 1.82) is 5.26 Å². The molecule has 2 atom stereocenters. The van der Waals surface area contributed by atoms with E-state index < -0.39 is 5.67 Å². The van der Waals surface area contributed by atoms with Gasteiger partial charge in [0, 0.05) is 33.8 Å². The van der Waals surface area contributed by atoms with Crippen molar-refractivity contribution < 1.29 is 14.0 Å². The van der Waals surface area contributed by atoms with E-state index in [1.807, 2.05) is 54.9 Å². The number of likely N-dealkylation sites (tertiary alicyclic amines) is 1. The van der Waals surface area contributed by atoms with Crippen LogP contribution in [0.2, 0.25) is 0 Å². The molecule has 3 aliphatic rings. The van der Waals surface area contributed by atoms with Crippen molar-refractivity contribution in [2.75, 3.05) is 13.1 Å². The highest BCUT2D eigenvalue weighted by Crippen LogP contribution is 2.63. The van der Waals surface area contributed by atoms with E-state index >= 15 is 4.39 Å². The number of nitrogens with zero attached hydrogens (tertiary/aromatic N) is 4. The van der Waals surface area contributed by atoms with Crippen LogP contribution in [-0.4, -0.2) is 45.0 Å². The SMILES string of the molecule is CC1(C)C2C(=O)N(Cc3cc4nccc(-c5cc(C#N)cc6ccn(CC7(F)CCNCC7)c56)c4s3)C(=O)C21. The average Bonchev–Trinajstić information content (AvgIpc) is 3.26. The molecule has 4 aromatic rings. The molecule has 9 heteroatoms. The standard InChI is InChI=1S/C30H28FN5O2S/c1-29(2)23-24(29)28(38)36(27(23)37)15-19-13-22-26(39-19)20(3-7-34-22)21-12-17(14-32)11-18-4-10-35(25(18)21)16-30(31)5-8-33-9-6-30/h3-4,7,10-13,23-24,33H,5-6,8-9,15-16H2,1-2H3. The van der Waals surface area contributed by atoms with E-state index in [0.29, 0.717) is 31.5 Å². The number of rotatable bonds is 5. The summed E-state index contributed by atoms with van der Waals surface area (Å²) in [6.45, 7) is 5.76. The number of pyridine rings is 1. The fourth-order valence-corrected chi connectivity index (χ4v) is 7.81. The number of thiophene rings is 1. The van der Waals surface area contributed by atoms with Crippen LogP contribution in [0.5, 0.6) is 0 Å². The van der Waals surface area contributed by atoms with Crippen molar-refractivity contribution in [2.24, 2.45) is 17.3 Å². The molecular weight excluding hydrogens is 513 g/mol. The Labute approximate surface area is 229 Å². The Bertz CT molecular complexity index is 1700. The number of carbonyl (C=O) groups is 2. The number of halogens is 1. The normalized spacial score (nSPS) is 23.4. The molecule has 0 spiro atoms. The van der Waals surface area contributed by atoms with Gasteiger partial charge in [0.2, 0.25) is 11.8 Å². The van der Waals surface area contributed by atoms with Crippen LogP contribution in [0.15, 0.2) is 42.7 Å². The second-order valence-electron chi connectivity index (χ2n) is 11.7. The molecule has 5 heterocycles. The maximum atomic E-state index is 15.8. The Morgan fingerprint density at radius 1 is 1.13 bits per heavy atom. The molecule has 2 unspecified atom stereocenters. The fraction of sp³-hybridized carbons (Fsp3) is 0.400. The number of amides is 2. The summed E-state index contributed by atoms with van der Waals surface area (Å²) in [5.41, 5.74) is 2.41. The van der Waals surface area contributed by atoms with Crippen LogP contribution in [0.3, 0.4) is 0 Å². The maximum absolute atomic E-state index is 15.8. The van der Waals surface area contributed by atoms with Gasteiger partial charge < -0.3 is 9.88 Å². The molecule has 7 rings (SSSR count). The molecule has 7 nitrogen and oxygen atoms in total. The van der Waals surface area contributed by atoms with Gasteiger partial charge in [0.1, 0.15) is 5.67 Å². The summed E-state index contributed by atoms with van der Waals surface area (Å²) in [6.07, 6.45) is 4.56. The zero-order valence-corrected chi connectivity index (χ0v) is 22.6. The van der Waals surface area contributed by atoms with E-state index in [1.165, 1.54) is 16.2 Å². The van der Waals surface area contributed by atoms with E-state index in [1.54, 1.807) is 6.20 Å². The maximum Gasteiger partial charge on any atom is 0.234 e. The minimum atomic E-state index is -1.30. The van der Waals surface area contributed by atoms with Gasteiger partial charge in [0.05, 0.1) is 52.3 Å². The van der Waals surface area contributed by atoms with Gasteiger partial charge in [-0.2, -0.15) is 5.26 Å². The first kappa shape index (κ1) is 24.4. The number of aromatic nitrogens is 2. The van der Waals surface area contributed by atoms with Gasteiger partial charge in [0.15, 0.2) is 0 Å². The molecule has 1 N–H and O–H groups in total. The number of alkyl halides is 1. The van der Waals surface area contributed by atoms with Crippen LogP contribution in [0.1, 0.15) is 37.1 Å². The Morgan fingerprint density at radius 3 is 2.59 bits per heavy atom. The van der Waals surface area contributed by atoms with Crippen LogP contribution >= 0.6 is 11.3 Å². The molecule has 0 bridgehead atoms. The summed E-state index contributed by atoms with van der Waals surface area (Å²) in [7, 11) is 0. The van der Waals surface area contributed by atoms with Crippen molar-refractivity contribution in [3.8, 4) is 17.2 Å². The third-order valence-corrected chi connectivity index (χ3v) is 10.0. The van der Waals surface area contributed by atoms with Crippen LogP contribution in [0, 0.1) is 28.6 Å². The Morgan fingerprint density at radius 2 is 1.87 bits per heavy atom. The van der Waals surface area contributed by atoms with Gasteiger partial charge in [-0.15, -0.1) is 11.3 Å². The van der Waals surface area contributed by atoms with Gasteiger partial charge in [-0.1, -0.05) is 13.8 Å². The van der Waals surface area contributed by atoms with Crippen LogP contribution in [-0.2, 0) is 22.7 Å². The lowest BCUT2D eigenvalue weighted by Gasteiger charge is -2.31. The minimum absolute atomic E-state index is 0.0834. The van der Waals surface area contributed by atoms with Crippen molar-refractivity contribution in [2.45, 2.75) is 45.4 Å². The predicted molar refractivity (Wildman–Crippen MR) is 148 cm³/mol. The number of hydrogen-bond acceptors (Lipinski definition) is 6. The minimum Gasteiger partial charge on any atom is -0.344 e. The number of piperidine rings is 2. The highest BCUT2D eigenvalue weighted by molar-refractivity contribution is 7.19. The topological polar surface area (TPSA) is 91.0 Å². The van der Waals surface area contributed by atoms with Gasteiger partial charge in [-0.05, 0) is 61.7 Å². The third kappa shape index (κ3) is 3.73. The van der Waals surface area contributed by atoms with Crippen LogP contribution in [0.4, 0.5) is 4.39 Å². The Hall–Kier alpha value is -3.61. The lowest BCUT2D eigenvalue weighted by Crippen LogP contribution is -2.41. The number of nitrogens with one attached hydrogen (secondary N) is 1. The molecule has 2 saturated heterocycles. The molecule has 3 fully saturated rings. The fourth-order valence-electron chi connectivity index (χ4n) is 6.68. The molecule has 39 heavy (non-hydrogen) atoms. The largest absolute Gasteiger partial charge is 0.344 e. The van der Waals surface area contributed by atoms with Crippen molar-refractivity contribution in [3.63, 3.8) is 0 Å². The molecule has 3 aromatic heterocycles. The molecule has 198 valence electrons. The highest BCUT2D eigenvalue weighted by Gasteiger charge is 2.72. The smallest absolute Gasteiger partial charge is 0.234 e. The Balaban J connectivity index is 1.30. The van der Waals surface area contributed by atoms with Crippen molar-refractivity contribution >= 4 is 44.3 Å². The number of benzene rings is 1. The molecule has 0 radical (unpaired) electrons. The summed E-state index contributed by atoms with van der Waals surface area (Å²) in [4.78, 5) is 32.7. The lowest BCUT2D eigenvalue weighted by molar-refractivity contribution is -0.143. The van der Waals surface area contributed by atoms with Crippen LogP contribution < -0.4 is 5.32 Å². The summed E-state index contributed by atoms with van der Waals surface area (Å²) < 4.78 is 18.6.